The summed E-state index contributed by atoms with van der Waals surface area (Å²) < 4.78 is 5.06. The van der Waals surface area contributed by atoms with Crippen molar-refractivity contribution in [2.45, 2.75) is 32.0 Å². The number of benzene rings is 1. The number of hydrogen-bond acceptors (Lipinski definition) is 3. The van der Waals surface area contributed by atoms with Crippen molar-refractivity contribution < 1.29 is 9.53 Å². The molecule has 4 nitrogen and oxygen atoms in total. The molecule has 0 aliphatic carbocycles. The fourth-order valence-electron chi connectivity index (χ4n) is 2.14. The molecule has 1 aliphatic rings. The van der Waals surface area contributed by atoms with Crippen LogP contribution in [-0.2, 0) is 22.7 Å². The van der Waals surface area contributed by atoms with E-state index in [0.717, 1.165) is 30.5 Å². The van der Waals surface area contributed by atoms with Crippen molar-refractivity contribution >= 4 is 18.3 Å². The van der Waals surface area contributed by atoms with E-state index in [0.29, 0.717) is 13.2 Å². The van der Waals surface area contributed by atoms with E-state index in [1.54, 1.807) is 7.11 Å². The van der Waals surface area contributed by atoms with Gasteiger partial charge in [-0.15, -0.1) is 12.4 Å². The molecule has 1 unspecified atom stereocenters. The smallest absolute Gasteiger partial charge is 0.237 e. The summed E-state index contributed by atoms with van der Waals surface area (Å²) in [5.74, 6) is 0.105. The zero-order chi connectivity index (χ0) is 12.8. The SMILES string of the molecule is COCc1ccc(CNC(=O)C2CCCN2)cc1.Cl. The van der Waals surface area contributed by atoms with Crippen LogP contribution in [0, 0.1) is 0 Å². The molecule has 1 atom stereocenters. The maximum absolute atomic E-state index is 11.8. The van der Waals surface area contributed by atoms with Crippen LogP contribution >= 0.6 is 12.4 Å². The van der Waals surface area contributed by atoms with E-state index in [-0.39, 0.29) is 24.4 Å². The van der Waals surface area contributed by atoms with Gasteiger partial charge in [-0.1, -0.05) is 24.3 Å². The first-order valence-electron chi connectivity index (χ1n) is 6.37. The van der Waals surface area contributed by atoms with Gasteiger partial charge in [-0.3, -0.25) is 4.79 Å². The second kappa shape index (κ2) is 8.15. The van der Waals surface area contributed by atoms with Crippen molar-refractivity contribution in [3.05, 3.63) is 35.4 Å². The third kappa shape index (κ3) is 4.82. The third-order valence-electron chi connectivity index (χ3n) is 3.18. The Morgan fingerprint density at radius 2 is 2.05 bits per heavy atom. The fourth-order valence-corrected chi connectivity index (χ4v) is 2.14. The lowest BCUT2D eigenvalue weighted by atomic mass is 10.1. The van der Waals surface area contributed by atoms with Crippen LogP contribution in [0.4, 0.5) is 0 Å². The molecule has 0 radical (unpaired) electrons. The highest BCUT2D eigenvalue weighted by Gasteiger charge is 2.21. The molecule has 0 spiro atoms. The van der Waals surface area contributed by atoms with E-state index >= 15 is 0 Å². The van der Waals surface area contributed by atoms with Crippen LogP contribution in [0.1, 0.15) is 24.0 Å². The van der Waals surface area contributed by atoms with Gasteiger partial charge in [0.1, 0.15) is 0 Å². The molecule has 0 aromatic heterocycles. The molecule has 5 heteroatoms. The Labute approximate surface area is 120 Å². The Bertz CT molecular complexity index is 389. The average molecular weight is 285 g/mol. The lowest BCUT2D eigenvalue weighted by molar-refractivity contribution is -0.122. The molecule has 2 rings (SSSR count). The van der Waals surface area contributed by atoms with E-state index in [1.165, 1.54) is 0 Å². The quantitative estimate of drug-likeness (QED) is 0.864. The van der Waals surface area contributed by atoms with Crippen LogP contribution in [0.3, 0.4) is 0 Å². The number of nitrogens with one attached hydrogen (secondary N) is 2. The number of halogens is 1. The topological polar surface area (TPSA) is 50.4 Å². The molecule has 0 bridgehead atoms. The van der Waals surface area contributed by atoms with Crippen molar-refractivity contribution in [3.8, 4) is 0 Å². The summed E-state index contributed by atoms with van der Waals surface area (Å²) in [6.45, 7) is 2.16. The van der Waals surface area contributed by atoms with Crippen molar-refractivity contribution in [2.75, 3.05) is 13.7 Å². The second-order valence-electron chi connectivity index (χ2n) is 4.62. The molecule has 2 N–H and O–H groups in total. The summed E-state index contributed by atoms with van der Waals surface area (Å²) in [7, 11) is 1.68. The van der Waals surface area contributed by atoms with Crippen molar-refractivity contribution in [1.29, 1.82) is 0 Å². The fraction of sp³-hybridized carbons (Fsp3) is 0.500. The van der Waals surface area contributed by atoms with E-state index in [4.69, 9.17) is 4.74 Å². The van der Waals surface area contributed by atoms with Crippen molar-refractivity contribution in [1.82, 2.24) is 10.6 Å². The first kappa shape index (κ1) is 16.0. The highest BCUT2D eigenvalue weighted by molar-refractivity contribution is 5.85. The van der Waals surface area contributed by atoms with E-state index in [9.17, 15) is 4.79 Å². The van der Waals surface area contributed by atoms with Gasteiger partial charge < -0.3 is 15.4 Å². The van der Waals surface area contributed by atoms with Gasteiger partial charge in [-0.05, 0) is 30.5 Å². The maximum atomic E-state index is 11.8. The standard InChI is InChI=1S/C14H20N2O2.ClH/c1-18-10-12-6-4-11(5-7-12)9-16-14(17)13-3-2-8-15-13;/h4-7,13,15H,2-3,8-10H2,1H3,(H,16,17);1H. The summed E-state index contributed by atoms with van der Waals surface area (Å²) in [6, 6.07) is 8.10. The summed E-state index contributed by atoms with van der Waals surface area (Å²) >= 11 is 0. The molecule has 1 heterocycles. The summed E-state index contributed by atoms with van der Waals surface area (Å²) in [4.78, 5) is 11.8. The second-order valence-corrected chi connectivity index (χ2v) is 4.62. The number of ether oxygens (including phenoxy) is 1. The largest absolute Gasteiger partial charge is 0.380 e. The third-order valence-corrected chi connectivity index (χ3v) is 3.18. The molecule has 1 amide bonds. The Hall–Kier alpha value is -1.10. The minimum absolute atomic E-state index is 0. The maximum Gasteiger partial charge on any atom is 0.237 e. The van der Waals surface area contributed by atoms with Crippen LogP contribution < -0.4 is 10.6 Å². The monoisotopic (exact) mass is 284 g/mol. The molecule has 106 valence electrons. The normalized spacial score (nSPS) is 17.8. The zero-order valence-corrected chi connectivity index (χ0v) is 12.0. The molecule has 0 saturated carbocycles. The number of hydrogen-bond donors (Lipinski definition) is 2. The van der Waals surface area contributed by atoms with Gasteiger partial charge >= 0.3 is 0 Å². The number of methoxy groups -OCH3 is 1. The van der Waals surface area contributed by atoms with Crippen LogP contribution in [-0.4, -0.2) is 25.6 Å². The zero-order valence-electron chi connectivity index (χ0n) is 11.1. The van der Waals surface area contributed by atoms with Gasteiger partial charge in [-0.25, -0.2) is 0 Å². The number of rotatable bonds is 5. The highest BCUT2D eigenvalue weighted by atomic mass is 35.5. The van der Waals surface area contributed by atoms with Crippen LogP contribution in [0.2, 0.25) is 0 Å². The van der Waals surface area contributed by atoms with Gasteiger partial charge in [0.15, 0.2) is 0 Å². The van der Waals surface area contributed by atoms with E-state index < -0.39 is 0 Å². The van der Waals surface area contributed by atoms with Crippen LogP contribution in [0.5, 0.6) is 0 Å². The number of carbonyl (C=O) groups is 1. The molecule has 1 aromatic carbocycles. The van der Waals surface area contributed by atoms with E-state index in [1.807, 2.05) is 24.3 Å². The molecule has 1 saturated heterocycles. The summed E-state index contributed by atoms with van der Waals surface area (Å²) in [6.07, 6.45) is 2.03. The molecule has 1 aliphatic heterocycles. The first-order valence-corrected chi connectivity index (χ1v) is 6.37. The Kier molecular flexibility index (Phi) is 6.84. The molecular weight excluding hydrogens is 264 g/mol. The van der Waals surface area contributed by atoms with Crippen molar-refractivity contribution in [3.63, 3.8) is 0 Å². The highest BCUT2D eigenvalue weighted by Crippen LogP contribution is 2.07. The number of amides is 1. The molecular formula is C14H21ClN2O2. The van der Waals surface area contributed by atoms with Crippen LogP contribution in [0.15, 0.2) is 24.3 Å². The average Bonchev–Trinajstić information content (AvgIpc) is 2.92. The lowest BCUT2D eigenvalue weighted by Gasteiger charge is -2.11. The summed E-state index contributed by atoms with van der Waals surface area (Å²) in [5, 5.41) is 6.15. The van der Waals surface area contributed by atoms with Crippen molar-refractivity contribution in [2.24, 2.45) is 0 Å². The molecule has 1 fully saturated rings. The van der Waals surface area contributed by atoms with Crippen LogP contribution in [0.25, 0.3) is 0 Å². The molecule has 19 heavy (non-hydrogen) atoms. The predicted octanol–water partition coefficient (Wildman–Crippen LogP) is 1.62. The van der Waals surface area contributed by atoms with Gasteiger partial charge in [0, 0.05) is 13.7 Å². The Balaban J connectivity index is 0.00000180. The van der Waals surface area contributed by atoms with Gasteiger partial charge in [0.05, 0.1) is 12.6 Å². The van der Waals surface area contributed by atoms with Gasteiger partial charge in [0.2, 0.25) is 5.91 Å². The van der Waals surface area contributed by atoms with E-state index in [2.05, 4.69) is 10.6 Å². The minimum atomic E-state index is -0.00207. The Morgan fingerprint density at radius 3 is 2.63 bits per heavy atom. The Morgan fingerprint density at radius 1 is 1.37 bits per heavy atom. The predicted molar refractivity (Wildman–Crippen MR) is 77.3 cm³/mol. The van der Waals surface area contributed by atoms with Gasteiger partial charge in [0.25, 0.3) is 0 Å². The summed E-state index contributed by atoms with van der Waals surface area (Å²) in [5.41, 5.74) is 2.26. The lowest BCUT2D eigenvalue weighted by Crippen LogP contribution is -2.39. The molecule has 1 aromatic rings. The number of carbonyl (C=O) groups excluding carboxylic acids is 1. The minimum Gasteiger partial charge on any atom is -0.380 e. The van der Waals surface area contributed by atoms with Gasteiger partial charge in [-0.2, -0.15) is 0 Å². The first-order chi connectivity index (χ1) is 8.79.